The summed E-state index contributed by atoms with van der Waals surface area (Å²) in [5, 5.41) is -0.563. The zero-order valence-corrected chi connectivity index (χ0v) is 18.8. The average Bonchev–Trinajstić information content (AvgIpc) is 2.75. The van der Waals surface area contributed by atoms with Gasteiger partial charge in [0.2, 0.25) is 0 Å². The largest absolute Gasteiger partial charge is 0.496 e. The van der Waals surface area contributed by atoms with Gasteiger partial charge in [-0.2, -0.15) is 0 Å². The van der Waals surface area contributed by atoms with Gasteiger partial charge in [0.05, 0.1) is 31.8 Å². The predicted molar refractivity (Wildman–Crippen MR) is 118 cm³/mol. The molecule has 0 aliphatic heterocycles. The first-order valence-corrected chi connectivity index (χ1v) is 11.1. The van der Waals surface area contributed by atoms with Crippen molar-refractivity contribution in [3.05, 3.63) is 82.4 Å². The van der Waals surface area contributed by atoms with Crippen LogP contribution in [-0.2, 0) is 9.84 Å². The molecule has 7 heteroatoms. The summed E-state index contributed by atoms with van der Waals surface area (Å²) in [6.07, 6.45) is 0. The molecule has 1 atom stereocenters. The number of benzene rings is 3. The van der Waals surface area contributed by atoms with Gasteiger partial charge in [0.25, 0.3) is 0 Å². The number of hydrogen-bond donors (Lipinski definition) is 0. The van der Waals surface area contributed by atoms with Gasteiger partial charge in [-0.3, -0.25) is 0 Å². The Morgan fingerprint density at radius 1 is 0.800 bits per heavy atom. The van der Waals surface area contributed by atoms with Gasteiger partial charge in [-0.15, -0.1) is 0 Å². The third-order valence-corrected chi connectivity index (χ3v) is 7.16. The Hall–Kier alpha value is -2.70. The molecule has 158 valence electrons. The summed E-state index contributed by atoms with van der Waals surface area (Å²) >= 11 is 6.05. The first-order chi connectivity index (χ1) is 14.3. The summed E-state index contributed by atoms with van der Waals surface area (Å²) in [4.78, 5) is 0.202. The zero-order valence-electron chi connectivity index (χ0n) is 17.2. The number of methoxy groups -OCH3 is 3. The molecule has 0 saturated carbocycles. The molecule has 3 aromatic carbocycles. The van der Waals surface area contributed by atoms with Crippen LogP contribution in [0.5, 0.6) is 17.2 Å². The van der Waals surface area contributed by atoms with E-state index < -0.39 is 15.1 Å². The molecule has 0 aliphatic rings. The Balaban J connectivity index is 2.34. The van der Waals surface area contributed by atoms with Gasteiger partial charge in [-0.05, 0) is 36.8 Å². The molecule has 0 saturated heterocycles. The Morgan fingerprint density at radius 2 is 1.33 bits per heavy atom. The van der Waals surface area contributed by atoms with Crippen LogP contribution in [0.4, 0.5) is 0 Å². The third kappa shape index (κ3) is 4.25. The molecule has 0 spiro atoms. The van der Waals surface area contributed by atoms with Gasteiger partial charge in [0, 0.05) is 17.2 Å². The van der Waals surface area contributed by atoms with Gasteiger partial charge in [0.1, 0.15) is 22.5 Å². The van der Waals surface area contributed by atoms with Crippen LogP contribution in [0, 0.1) is 6.92 Å². The maximum atomic E-state index is 13.8. The molecular weight excluding hydrogens is 424 g/mol. The van der Waals surface area contributed by atoms with Gasteiger partial charge < -0.3 is 14.2 Å². The van der Waals surface area contributed by atoms with Crippen LogP contribution in [0.15, 0.2) is 65.6 Å². The molecule has 0 radical (unpaired) electrons. The molecule has 3 rings (SSSR count). The van der Waals surface area contributed by atoms with E-state index in [4.69, 9.17) is 25.8 Å². The maximum absolute atomic E-state index is 13.8. The number of hydrogen-bond acceptors (Lipinski definition) is 5. The quantitative estimate of drug-likeness (QED) is 0.496. The SMILES string of the molecule is COc1cc(OC)c(C(c2ccc(Cl)cc2)S(=O)(=O)c2ccc(C)cc2)c(OC)c1. The first-order valence-electron chi connectivity index (χ1n) is 9.17. The van der Waals surface area contributed by atoms with Crippen LogP contribution >= 0.6 is 11.6 Å². The van der Waals surface area contributed by atoms with Crippen molar-refractivity contribution in [2.75, 3.05) is 21.3 Å². The summed E-state index contributed by atoms with van der Waals surface area (Å²) in [7, 11) is 0.619. The van der Waals surface area contributed by atoms with Crippen molar-refractivity contribution in [2.45, 2.75) is 17.1 Å². The lowest BCUT2D eigenvalue weighted by molar-refractivity contribution is 0.369. The number of halogens is 1. The van der Waals surface area contributed by atoms with Crippen molar-refractivity contribution in [3.63, 3.8) is 0 Å². The Labute approximate surface area is 182 Å². The predicted octanol–water partition coefficient (Wildman–Crippen LogP) is 5.24. The second-order valence-corrected chi connectivity index (χ2v) is 9.20. The highest BCUT2D eigenvalue weighted by atomic mass is 35.5. The monoisotopic (exact) mass is 446 g/mol. The van der Waals surface area contributed by atoms with Gasteiger partial charge in [-0.25, -0.2) is 8.42 Å². The van der Waals surface area contributed by atoms with Crippen LogP contribution in [0.1, 0.15) is 21.9 Å². The molecule has 5 nitrogen and oxygen atoms in total. The summed E-state index contributed by atoms with van der Waals surface area (Å²) in [6, 6.07) is 16.8. The van der Waals surface area contributed by atoms with Crippen molar-refractivity contribution in [1.29, 1.82) is 0 Å². The fraction of sp³-hybridized carbons (Fsp3) is 0.217. The topological polar surface area (TPSA) is 61.8 Å². The first kappa shape index (κ1) is 22.0. The second-order valence-electron chi connectivity index (χ2n) is 6.74. The smallest absolute Gasteiger partial charge is 0.189 e. The fourth-order valence-corrected chi connectivity index (χ4v) is 5.27. The van der Waals surface area contributed by atoms with E-state index in [-0.39, 0.29) is 4.90 Å². The summed E-state index contributed by atoms with van der Waals surface area (Å²) in [5.74, 6) is 1.19. The van der Waals surface area contributed by atoms with E-state index in [0.717, 1.165) is 5.56 Å². The Kier molecular flexibility index (Phi) is 6.58. The standard InChI is InChI=1S/C23H23ClO5S/c1-15-5-11-19(12-6-15)30(25,26)23(16-7-9-17(24)10-8-16)22-20(28-3)13-18(27-2)14-21(22)29-4/h5-14,23H,1-4H3. The zero-order chi connectivity index (χ0) is 21.9. The second kappa shape index (κ2) is 8.98. The molecule has 0 amide bonds. The van der Waals surface area contributed by atoms with E-state index in [2.05, 4.69) is 0 Å². The van der Waals surface area contributed by atoms with Crippen molar-refractivity contribution < 1.29 is 22.6 Å². The highest BCUT2D eigenvalue weighted by Gasteiger charge is 2.36. The molecule has 0 aromatic heterocycles. The van der Waals surface area contributed by atoms with E-state index in [0.29, 0.717) is 33.4 Å². The summed E-state index contributed by atoms with van der Waals surface area (Å²) in [5.41, 5.74) is 1.90. The minimum absolute atomic E-state index is 0.202. The van der Waals surface area contributed by atoms with Crippen molar-refractivity contribution in [3.8, 4) is 17.2 Å². The molecule has 0 heterocycles. The third-order valence-electron chi connectivity index (χ3n) is 4.85. The summed E-state index contributed by atoms with van der Waals surface area (Å²) in [6.45, 7) is 1.91. The molecular formula is C23H23ClO5S. The fourth-order valence-electron chi connectivity index (χ4n) is 3.29. The van der Waals surface area contributed by atoms with Crippen molar-refractivity contribution in [2.24, 2.45) is 0 Å². The number of ether oxygens (including phenoxy) is 3. The van der Waals surface area contributed by atoms with Crippen LogP contribution < -0.4 is 14.2 Å². The van der Waals surface area contributed by atoms with Crippen LogP contribution in [0.25, 0.3) is 0 Å². The van der Waals surface area contributed by atoms with Crippen LogP contribution in [-0.4, -0.2) is 29.7 Å². The van der Waals surface area contributed by atoms with E-state index in [1.54, 1.807) is 60.7 Å². The van der Waals surface area contributed by atoms with Crippen molar-refractivity contribution in [1.82, 2.24) is 0 Å². The molecule has 1 unspecified atom stereocenters. The molecule has 0 fully saturated rings. The minimum atomic E-state index is -3.87. The lowest BCUT2D eigenvalue weighted by Gasteiger charge is -2.24. The average molecular weight is 447 g/mol. The minimum Gasteiger partial charge on any atom is -0.496 e. The highest BCUT2D eigenvalue weighted by Crippen LogP contribution is 2.46. The van der Waals surface area contributed by atoms with E-state index in [1.807, 2.05) is 6.92 Å². The van der Waals surface area contributed by atoms with Gasteiger partial charge in [-0.1, -0.05) is 41.4 Å². The molecule has 0 bridgehead atoms. The highest BCUT2D eigenvalue weighted by molar-refractivity contribution is 7.92. The molecule has 3 aromatic rings. The maximum Gasteiger partial charge on any atom is 0.189 e. The lowest BCUT2D eigenvalue weighted by atomic mass is 10.0. The Morgan fingerprint density at radius 3 is 1.80 bits per heavy atom. The van der Waals surface area contributed by atoms with Crippen molar-refractivity contribution >= 4 is 21.4 Å². The van der Waals surface area contributed by atoms with E-state index in [1.165, 1.54) is 21.3 Å². The van der Waals surface area contributed by atoms with E-state index >= 15 is 0 Å². The van der Waals surface area contributed by atoms with Crippen LogP contribution in [0.3, 0.4) is 0 Å². The van der Waals surface area contributed by atoms with Crippen LogP contribution in [0.2, 0.25) is 5.02 Å². The summed E-state index contributed by atoms with van der Waals surface area (Å²) < 4.78 is 44.1. The number of rotatable bonds is 7. The Bertz CT molecular complexity index is 1100. The number of sulfone groups is 1. The van der Waals surface area contributed by atoms with Gasteiger partial charge in [0.15, 0.2) is 9.84 Å². The normalized spacial score (nSPS) is 12.3. The van der Waals surface area contributed by atoms with Gasteiger partial charge >= 0.3 is 0 Å². The lowest BCUT2D eigenvalue weighted by Crippen LogP contribution is -2.17. The molecule has 0 N–H and O–H groups in total. The van der Waals surface area contributed by atoms with E-state index in [9.17, 15) is 8.42 Å². The number of aryl methyl sites for hydroxylation is 1. The molecule has 30 heavy (non-hydrogen) atoms. The molecule has 0 aliphatic carbocycles.